The van der Waals surface area contributed by atoms with Crippen LogP contribution in [0.5, 0.6) is 0 Å². The standard InChI is InChI=1S/C26H24N6O/c1-17-11-19(6-7-23(17)20-8-9-27-18(2)12-20)14-28-26-29-16-22-13-21(15-30-32(22)26)24-5-4-10-31(3)25(24)33/h4-13,15-16H,14H2,1-3H3,(H,28,29). The number of pyridine rings is 2. The minimum atomic E-state index is -0.0535. The van der Waals surface area contributed by atoms with Crippen LogP contribution >= 0.6 is 0 Å². The van der Waals surface area contributed by atoms with Crippen molar-refractivity contribution in [3.63, 3.8) is 0 Å². The van der Waals surface area contributed by atoms with Gasteiger partial charge in [0.25, 0.3) is 5.56 Å². The fourth-order valence-corrected chi connectivity index (χ4v) is 4.03. The van der Waals surface area contributed by atoms with Crippen LogP contribution in [0.3, 0.4) is 0 Å². The number of benzene rings is 1. The van der Waals surface area contributed by atoms with E-state index in [1.165, 1.54) is 16.7 Å². The maximum absolute atomic E-state index is 12.4. The van der Waals surface area contributed by atoms with Crippen molar-refractivity contribution in [1.82, 2.24) is 24.1 Å². The number of hydrogen-bond donors (Lipinski definition) is 1. The molecular weight excluding hydrogens is 412 g/mol. The number of rotatable bonds is 5. The Morgan fingerprint density at radius 2 is 1.82 bits per heavy atom. The monoisotopic (exact) mass is 436 g/mol. The van der Waals surface area contributed by atoms with Gasteiger partial charge in [-0.3, -0.25) is 9.78 Å². The van der Waals surface area contributed by atoms with Gasteiger partial charge in [0.05, 0.1) is 17.9 Å². The lowest BCUT2D eigenvalue weighted by Gasteiger charge is -2.10. The SMILES string of the molecule is Cc1cc(-c2ccc(CNc3ncc4cc(-c5cccn(C)c5=O)cnn34)cc2C)ccn1. The molecule has 4 aromatic heterocycles. The molecule has 0 atom stereocenters. The second-order valence-corrected chi connectivity index (χ2v) is 8.19. The van der Waals surface area contributed by atoms with Gasteiger partial charge in [-0.25, -0.2) is 4.98 Å². The molecule has 0 saturated heterocycles. The summed E-state index contributed by atoms with van der Waals surface area (Å²) in [5.41, 5.74) is 7.90. The summed E-state index contributed by atoms with van der Waals surface area (Å²) >= 11 is 0. The third-order valence-corrected chi connectivity index (χ3v) is 5.76. The highest BCUT2D eigenvalue weighted by molar-refractivity contribution is 5.69. The van der Waals surface area contributed by atoms with Crippen molar-refractivity contribution < 1.29 is 0 Å². The van der Waals surface area contributed by atoms with E-state index in [1.54, 1.807) is 34.7 Å². The van der Waals surface area contributed by atoms with Crippen molar-refractivity contribution in [3.05, 3.63) is 100 Å². The molecule has 0 aliphatic rings. The molecule has 0 aliphatic carbocycles. The fourth-order valence-electron chi connectivity index (χ4n) is 4.03. The van der Waals surface area contributed by atoms with Gasteiger partial charge in [0, 0.05) is 42.8 Å². The fraction of sp³-hybridized carbons (Fsp3) is 0.154. The van der Waals surface area contributed by atoms with Crippen molar-refractivity contribution in [3.8, 4) is 22.3 Å². The number of fused-ring (bicyclic) bond motifs is 1. The van der Waals surface area contributed by atoms with Gasteiger partial charge in [-0.15, -0.1) is 0 Å². The Balaban J connectivity index is 1.36. The molecule has 7 heteroatoms. The molecule has 0 saturated carbocycles. The summed E-state index contributed by atoms with van der Waals surface area (Å²) in [4.78, 5) is 21.2. The molecule has 1 aromatic carbocycles. The molecule has 5 aromatic rings. The largest absolute Gasteiger partial charge is 0.350 e. The molecule has 4 heterocycles. The number of anilines is 1. The summed E-state index contributed by atoms with van der Waals surface area (Å²) in [6.07, 6.45) is 7.04. The summed E-state index contributed by atoms with van der Waals surface area (Å²) in [6, 6.07) is 16.2. The van der Waals surface area contributed by atoms with E-state index in [4.69, 9.17) is 0 Å². The zero-order valence-electron chi connectivity index (χ0n) is 18.8. The molecule has 0 aliphatic heterocycles. The number of aryl methyl sites for hydroxylation is 3. The Hall–Kier alpha value is -4.26. The minimum Gasteiger partial charge on any atom is -0.350 e. The smallest absolute Gasteiger partial charge is 0.258 e. The molecule has 5 rings (SSSR count). The van der Waals surface area contributed by atoms with Gasteiger partial charge < -0.3 is 9.88 Å². The molecule has 0 radical (unpaired) electrons. The van der Waals surface area contributed by atoms with Crippen LogP contribution in [0.2, 0.25) is 0 Å². The topological polar surface area (TPSA) is 77.1 Å². The Bertz CT molecular complexity index is 1530. The first-order valence-corrected chi connectivity index (χ1v) is 10.8. The highest BCUT2D eigenvalue weighted by atomic mass is 16.1. The van der Waals surface area contributed by atoms with Crippen molar-refractivity contribution >= 4 is 11.5 Å². The highest BCUT2D eigenvalue weighted by Gasteiger charge is 2.10. The van der Waals surface area contributed by atoms with Gasteiger partial charge in [0.2, 0.25) is 5.95 Å². The molecule has 0 amide bonds. The van der Waals surface area contributed by atoms with Gasteiger partial charge in [0.1, 0.15) is 0 Å². The summed E-state index contributed by atoms with van der Waals surface area (Å²) in [6.45, 7) is 4.75. The molecule has 0 spiro atoms. The van der Waals surface area contributed by atoms with Crippen LogP contribution in [-0.2, 0) is 13.6 Å². The predicted molar refractivity (Wildman–Crippen MR) is 130 cm³/mol. The van der Waals surface area contributed by atoms with E-state index in [0.29, 0.717) is 18.1 Å². The molecule has 0 bridgehead atoms. The van der Waals surface area contributed by atoms with Crippen LogP contribution in [-0.4, -0.2) is 24.1 Å². The molecule has 0 unspecified atom stereocenters. The maximum atomic E-state index is 12.4. The first-order valence-electron chi connectivity index (χ1n) is 10.8. The van der Waals surface area contributed by atoms with Crippen molar-refractivity contribution in [2.45, 2.75) is 20.4 Å². The first-order chi connectivity index (χ1) is 16.0. The lowest BCUT2D eigenvalue weighted by atomic mass is 9.99. The van der Waals surface area contributed by atoms with Crippen molar-refractivity contribution in [2.75, 3.05) is 5.32 Å². The van der Waals surface area contributed by atoms with E-state index >= 15 is 0 Å². The van der Waals surface area contributed by atoms with Gasteiger partial charge in [-0.1, -0.05) is 18.2 Å². The van der Waals surface area contributed by atoms with Crippen LogP contribution in [0.15, 0.2) is 78.1 Å². The molecule has 33 heavy (non-hydrogen) atoms. The minimum absolute atomic E-state index is 0.0535. The van der Waals surface area contributed by atoms with Gasteiger partial charge >= 0.3 is 0 Å². The number of aromatic nitrogens is 5. The average molecular weight is 437 g/mol. The van der Waals surface area contributed by atoms with Crippen LogP contribution in [0.4, 0.5) is 5.95 Å². The van der Waals surface area contributed by atoms with E-state index in [-0.39, 0.29) is 5.56 Å². The number of nitrogens with one attached hydrogen (secondary N) is 1. The van der Waals surface area contributed by atoms with Crippen LogP contribution in [0, 0.1) is 13.8 Å². The Kier molecular flexibility index (Phi) is 5.22. The normalized spacial score (nSPS) is 11.1. The zero-order valence-corrected chi connectivity index (χ0v) is 18.8. The van der Waals surface area contributed by atoms with Crippen molar-refractivity contribution in [1.29, 1.82) is 0 Å². The first kappa shape index (κ1) is 20.6. The maximum Gasteiger partial charge on any atom is 0.258 e. The second kappa shape index (κ2) is 8.35. The number of nitrogens with zero attached hydrogens (tertiary/aromatic N) is 5. The molecule has 1 N–H and O–H groups in total. The molecular formula is C26H24N6O. The van der Waals surface area contributed by atoms with E-state index in [2.05, 4.69) is 51.6 Å². The van der Waals surface area contributed by atoms with Gasteiger partial charge in [0.15, 0.2) is 0 Å². The summed E-state index contributed by atoms with van der Waals surface area (Å²) in [5, 5.41) is 7.89. The Morgan fingerprint density at radius 3 is 2.64 bits per heavy atom. The average Bonchev–Trinajstić information content (AvgIpc) is 3.22. The van der Waals surface area contributed by atoms with E-state index in [1.807, 2.05) is 37.4 Å². The lowest BCUT2D eigenvalue weighted by molar-refractivity contribution is 0.861. The predicted octanol–water partition coefficient (Wildman–Crippen LogP) is 4.39. The second-order valence-electron chi connectivity index (χ2n) is 8.19. The van der Waals surface area contributed by atoms with Crippen LogP contribution in [0.1, 0.15) is 16.8 Å². The highest BCUT2D eigenvalue weighted by Crippen LogP contribution is 2.25. The van der Waals surface area contributed by atoms with Crippen LogP contribution < -0.4 is 10.9 Å². The van der Waals surface area contributed by atoms with Crippen molar-refractivity contribution in [2.24, 2.45) is 7.05 Å². The lowest BCUT2D eigenvalue weighted by Crippen LogP contribution is -2.17. The summed E-state index contributed by atoms with van der Waals surface area (Å²) in [5.74, 6) is 0.656. The Morgan fingerprint density at radius 1 is 0.939 bits per heavy atom. The van der Waals surface area contributed by atoms with E-state index < -0.39 is 0 Å². The quantitative estimate of drug-likeness (QED) is 0.442. The van der Waals surface area contributed by atoms with E-state index in [0.717, 1.165) is 22.3 Å². The molecule has 164 valence electrons. The summed E-state index contributed by atoms with van der Waals surface area (Å²) < 4.78 is 3.31. The van der Waals surface area contributed by atoms with E-state index in [9.17, 15) is 4.79 Å². The third kappa shape index (κ3) is 4.01. The van der Waals surface area contributed by atoms with Gasteiger partial charge in [-0.2, -0.15) is 9.61 Å². The third-order valence-electron chi connectivity index (χ3n) is 5.76. The van der Waals surface area contributed by atoms with Gasteiger partial charge in [-0.05, 0) is 66.4 Å². The summed E-state index contributed by atoms with van der Waals surface area (Å²) in [7, 11) is 1.74. The Labute approximate surface area is 191 Å². The molecule has 7 nitrogen and oxygen atoms in total. The van der Waals surface area contributed by atoms with Crippen LogP contribution in [0.25, 0.3) is 27.8 Å². The number of hydrogen-bond acceptors (Lipinski definition) is 5. The number of imidazole rings is 1. The zero-order chi connectivity index (χ0) is 22.9. The molecule has 0 fully saturated rings.